The first-order valence-electron chi connectivity index (χ1n) is 7.73. The third-order valence-electron chi connectivity index (χ3n) is 4.04. The van der Waals surface area contributed by atoms with Gasteiger partial charge in [-0.15, -0.1) is 0 Å². The Morgan fingerprint density at radius 3 is 2.57 bits per heavy atom. The molecule has 0 spiro atoms. The van der Waals surface area contributed by atoms with Crippen LogP contribution in [0.25, 0.3) is 0 Å². The summed E-state index contributed by atoms with van der Waals surface area (Å²) in [6.45, 7) is 7.20. The van der Waals surface area contributed by atoms with Crippen molar-refractivity contribution in [2.24, 2.45) is 0 Å². The van der Waals surface area contributed by atoms with Crippen LogP contribution < -0.4 is 5.32 Å². The van der Waals surface area contributed by atoms with Crippen molar-refractivity contribution in [2.45, 2.75) is 52.6 Å². The molecule has 1 heterocycles. The molecule has 3 nitrogen and oxygen atoms in total. The van der Waals surface area contributed by atoms with Crippen LogP contribution in [-0.4, -0.2) is 16.0 Å². The largest absolute Gasteiger partial charge is 0.308 e. The second-order valence-electron chi connectivity index (χ2n) is 6.17. The second-order valence-corrected chi connectivity index (χ2v) is 6.17. The molecule has 1 aliphatic rings. The van der Waals surface area contributed by atoms with Gasteiger partial charge in [-0.2, -0.15) is 0 Å². The monoisotopic (exact) mass is 281 g/mol. The average molecular weight is 281 g/mol. The minimum Gasteiger partial charge on any atom is -0.308 e. The summed E-state index contributed by atoms with van der Waals surface area (Å²) in [5.41, 5.74) is 6.10. The molecule has 1 N–H and O–H groups in total. The van der Waals surface area contributed by atoms with Crippen molar-refractivity contribution < 1.29 is 0 Å². The lowest BCUT2D eigenvalue weighted by Gasteiger charge is -2.08. The zero-order chi connectivity index (χ0) is 14.8. The fourth-order valence-electron chi connectivity index (χ4n) is 2.50. The fourth-order valence-corrected chi connectivity index (χ4v) is 2.50. The minimum absolute atomic E-state index is 0.712. The van der Waals surface area contributed by atoms with Crippen LogP contribution in [0.5, 0.6) is 0 Å². The van der Waals surface area contributed by atoms with Gasteiger partial charge in [0.05, 0.1) is 5.69 Å². The van der Waals surface area contributed by atoms with Crippen LogP contribution in [0.4, 0.5) is 0 Å². The van der Waals surface area contributed by atoms with Crippen molar-refractivity contribution in [3.63, 3.8) is 0 Å². The predicted molar refractivity (Wildman–Crippen MR) is 85.4 cm³/mol. The Balaban J connectivity index is 1.75. The van der Waals surface area contributed by atoms with Gasteiger partial charge in [-0.25, -0.2) is 9.97 Å². The van der Waals surface area contributed by atoms with Crippen LogP contribution in [0.15, 0.2) is 24.3 Å². The number of nitrogens with zero attached hydrogens (tertiary/aromatic N) is 2. The van der Waals surface area contributed by atoms with Crippen LogP contribution in [0.2, 0.25) is 0 Å². The molecule has 1 saturated carbocycles. The number of benzene rings is 1. The maximum Gasteiger partial charge on any atom is 0.133 e. The van der Waals surface area contributed by atoms with E-state index >= 15 is 0 Å². The topological polar surface area (TPSA) is 37.8 Å². The van der Waals surface area contributed by atoms with Crippen molar-refractivity contribution in [1.29, 1.82) is 0 Å². The summed E-state index contributed by atoms with van der Waals surface area (Å²) in [4.78, 5) is 9.29. The first-order chi connectivity index (χ1) is 10.1. The van der Waals surface area contributed by atoms with E-state index in [4.69, 9.17) is 4.98 Å². The lowest BCUT2D eigenvalue weighted by atomic mass is 10.0. The molecule has 21 heavy (non-hydrogen) atoms. The highest BCUT2D eigenvalue weighted by Gasteiger charge is 2.20. The van der Waals surface area contributed by atoms with E-state index in [1.165, 1.54) is 29.5 Å². The molecule has 1 aromatic carbocycles. The van der Waals surface area contributed by atoms with E-state index in [1.54, 1.807) is 0 Å². The SMILES string of the molecule is Cc1cc(CNC2CC2)nc(Cc2ccc(C)c(C)c2)n1. The molecule has 2 aromatic rings. The van der Waals surface area contributed by atoms with Gasteiger partial charge in [0.1, 0.15) is 5.82 Å². The molecule has 1 aliphatic carbocycles. The van der Waals surface area contributed by atoms with E-state index in [0.29, 0.717) is 6.04 Å². The van der Waals surface area contributed by atoms with E-state index in [0.717, 1.165) is 30.2 Å². The Labute approximate surface area is 126 Å². The molecule has 1 aromatic heterocycles. The van der Waals surface area contributed by atoms with Gasteiger partial charge >= 0.3 is 0 Å². The van der Waals surface area contributed by atoms with Gasteiger partial charge in [-0.1, -0.05) is 18.2 Å². The van der Waals surface area contributed by atoms with Crippen LogP contribution in [0.1, 0.15) is 46.7 Å². The molecule has 0 radical (unpaired) electrons. The highest BCUT2D eigenvalue weighted by molar-refractivity contribution is 5.31. The van der Waals surface area contributed by atoms with E-state index < -0.39 is 0 Å². The van der Waals surface area contributed by atoms with E-state index in [2.05, 4.69) is 48.4 Å². The fraction of sp³-hybridized carbons (Fsp3) is 0.444. The second kappa shape index (κ2) is 5.94. The number of aromatic nitrogens is 2. The minimum atomic E-state index is 0.712. The molecule has 110 valence electrons. The Morgan fingerprint density at radius 1 is 1.05 bits per heavy atom. The molecular formula is C18H23N3. The summed E-state index contributed by atoms with van der Waals surface area (Å²) in [5, 5.41) is 3.52. The van der Waals surface area contributed by atoms with E-state index in [-0.39, 0.29) is 0 Å². The average Bonchev–Trinajstić information content (AvgIpc) is 3.24. The van der Waals surface area contributed by atoms with E-state index in [1.807, 2.05) is 6.92 Å². The molecule has 3 heteroatoms. The van der Waals surface area contributed by atoms with Gasteiger partial charge in [0.2, 0.25) is 0 Å². The third kappa shape index (κ3) is 3.88. The number of rotatable bonds is 5. The molecular weight excluding hydrogens is 258 g/mol. The molecule has 3 rings (SSSR count). The number of hydrogen-bond donors (Lipinski definition) is 1. The Kier molecular flexibility index (Phi) is 4.02. The predicted octanol–water partition coefficient (Wildman–Crippen LogP) is 3.24. The summed E-state index contributed by atoms with van der Waals surface area (Å²) in [5.74, 6) is 0.922. The first kappa shape index (κ1) is 14.2. The lowest BCUT2D eigenvalue weighted by Crippen LogP contribution is -2.17. The lowest BCUT2D eigenvalue weighted by molar-refractivity contribution is 0.667. The Morgan fingerprint density at radius 2 is 1.86 bits per heavy atom. The standard InChI is InChI=1S/C18H23N3/c1-12-4-5-15(8-13(12)2)10-18-20-14(3)9-17(21-18)11-19-16-6-7-16/h4-5,8-9,16,19H,6-7,10-11H2,1-3H3. The van der Waals surface area contributed by atoms with Crippen LogP contribution >= 0.6 is 0 Å². The maximum absolute atomic E-state index is 4.71. The van der Waals surface area contributed by atoms with Gasteiger partial charge in [-0.3, -0.25) is 0 Å². The molecule has 0 aliphatic heterocycles. The van der Waals surface area contributed by atoms with Crippen molar-refractivity contribution in [2.75, 3.05) is 0 Å². The zero-order valence-corrected chi connectivity index (χ0v) is 13.1. The molecule has 0 saturated heterocycles. The van der Waals surface area contributed by atoms with Crippen LogP contribution in [0.3, 0.4) is 0 Å². The Hall–Kier alpha value is -1.74. The summed E-state index contributed by atoms with van der Waals surface area (Å²) >= 11 is 0. The van der Waals surface area contributed by atoms with Crippen molar-refractivity contribution in [3.05, 3.63) is 58.2 Å². The quantitative estimate of drug-likeness (QED) is 0.914. The molecule has 0 unspecified atom stereocenters. The number of hydrogen-bond acceptors (Lipinski definition) is 3. The van der Waals surface area contributed by atoms with Gasteiger partial charge in [-0.05, 0) is 56.4 Å². The van der Waals surface area contributed by atoms with Crippen molar-refractivity contribution >= 4 is 0 Å². The number of aryl methyl sites for hydroxylation is 3. The summed E-state index contributed by atoms with van der Waals surface area (Å²) in [7, 11) is 0. The first-order valence-corrected chi connectivity index (χ1v) is 7.73. The van der Waals surface area contributed by atoms with Crippen LogP contribution in [0, 0.1) is 20.8 Å². The summed E-state index contributed by atoms with van der Waals surface area (Å²) in [6.07, 6.45) is 3.42. The van der Waals surface area contributed by atoms with Crippen molar-refractivity contribution in [3.8, 4) is 0 Å². The van der Waals surface area contributed by atoms with Gasteiger partial charge in [0.15, 0.2) is 0 Å². The molecule has 1 fully saturated rings. The zero-order valence-electron chi connectivity index (χ0n) is 13.1. The number of nitrogens with one attached hydrogen (secondary N) is 1. The van der Waals surface area contributed by atoms with E-state index in [9.17, 15) is 0 Å². The van der Waals surface area contributed by atoms with Crippen LogP contribution in [-0.2, 0) is 13.0 Å². The normalized spacial score (nSPS) is 14.4. The molecule has 0 atom stereocenters. The summed E-state index contributed by atoms with van der Waals surface area (Å²) < 4.78 is 0. The molecule has 0 amide bonds. The highest BCUT2D eigenvalue weighted by Crippen LogP contribution is 2.19. The van der Waals surface area contributed by atoms with Crippen molar-refractivity contribution in [1.82, 2.24) is 15.3 Å². The highest BCUT2D eigenvalue weighted by atomic mass is 15.0. The van der Waals surface area contributed by atoms with Gasteiger partial charge < -0.3 is 5.32 Å². The van der Waals surface area contributed by atoms with Gasteiger partial charge in [0.25, 0.3) is 0 Å². The Bertz CT molecular complexity index is 645. The smallest absolute Gasteiger partial charge is 0.133 e. The maximum atomic E-state index is 4.71. The molecule has 0 bridgehead atoms. The van der Waals surface area contributed by atoms with Gasteiger partial charge in [0, 0.05) is 24.7 Å². The summed E-state index contributed by atoms with van der Waals surface area (Å²) in [6, 6.07) is 9.39. The third-order valence-corrected chi connectivity index (χ3v) is 4.04.